The summed E-state index contributed by atoms with van der Waals surface area (Å²) in [6.07, 6.45) is 10.2. The molecular weight excluding hydrogens is 512 g/mol. The van der Waals surface area contributed by atoms with Crippen LogP contribution >= 0.6 is 0 Å². The van der Waals surface area contributed by atoms with Crippen LogP contribution in [0.5, 0.6) is 11.5 Å². The Hall–Kier alpha value is -3.68. The normalized spacial score (nSPS) is 11.9. The second-order valence-electron chi connectivity index (χ2n) is 9.96. The lowest BCUT2D eigenvalue weighted by molar-refractivity contribution is 0.0860. The Morgan fingerprint density at radius 3 is 1.65 bits per heavy atom. The molecule has 0 saturated carbocycles. The number of rotatable bonds is 16. The minimum absolute atomic E-state index is 0.0511. The Morgan fingerprint density at radius 1 is 0.575 bits per heavy atom. The number of fused-ring (bicyclic) bond motifs is 2. The number of carbonyl (C=O) groups is 4. The molecule has 0 aliphatic heterocycles. The molecule has 2 aromatic rings. The average molecular weight is 553 g/mol. The molecule has 1 aliphatic carbocycles. The van der Waals surface area contributed by atoms with E-state index in [9.17, 15) is 19.2 Å². The van der Waals surface area contributed by atoms with Crippen molar-refractivity contribution in [2.75, 3.05) is 13.2 Å². The summed E-state index contributed by atoms with van der Waals surface area (Å²) in [5.74, 6) is -1.46. The summed E-state index contributed by atoms with van der Waals surface area (Å²) in [6, 6.07) is 9.11. The van der Waals surface area contributed by atoms with E-state index in [0.717, 1.165) is 51.4 Å². The van der Waals surface area contributed by atoms with Gasteiger partial charge in [-0.15, -0.1) is 0 Å². The van der Waals surface area contributed by atoms with Crippen molar-refractivity contribution in [1.82, 2.24) is 0 Å². The SMILES string of the molecule is CCCCCCCCOC(=O)Oc1ccc2c(c1OC(=O)OCCCCCCCC)C(=O)c1ccccc1C2=O. The van der Waals surface area contributed by atoms with Crippen LogP contribution < -0.4 is 9.47 Å². The number of hydrogen-bond donors (Lipinski definition) is 0. The van der Waals surface area contributed by atoms with Crippen LogP contribution in [0.15, 0.2) is 36.4 Å². The quantitative estimate of drug-likeness (QED) is 0.0994. The van der Waals surface area contributed by atoms with Gasteiger partial charge in [0, 0.05) is 16.7 Å². The molecule has 0 heterocycles. The summed E-state index contributed by atoms with van der Waals surface area (Å²) in [5.41, 5.74) is 0.327. The van der Waals surface area contributed by atoms with Crippen molar-refractivity contribution < 1.29 is 38.1 Å². The van der Waals surface area contributed by atoms with Gasteiger partial charge in [-0.1, -0.05) is 102 Å². The molecular formula is C32H40O8. The van der Waals surface area contributed by atoms with Crippen LogP contribution in [-0.4, -0.2) is 37.1 Å². The summed E-state index contributed by atoms with van der Waals surface area (Å²) in [7, 11) is 0. The lowest BCUT2D eigenvalue weighted by atomic mass is 9.83. The summed E-state index contributed by atoms with van der Waals surface area (Å²) in [5, 5.41) is 0. The predicted octanol–water partition coefficient (Wildman–Crippen LogP) is 8.21. The standard InChI is InChI=1S/C32H40O8/c1-3-5-7-9-11-15-21-37-31(35)39-26-20-19-25-27(29(34)24-18-14-13-17-23(24)28(25)33)30(26)40-32(36)38-22-16-12-10-8-6-4-2/h13-14,17-20H,3-12,15-16,21-22H2,1-2H3. The van der Waals surface area contributed by atoms with Crippen LogP contribution in [0.2, 0.25) is 0 Å². The third-order valence-corrected chi connectivity index (χ3v) is 6.82. The van der Waals surface area contributed by atoms with E-state index in [4.69, 9.17) is 18.9 Å². The second-order valence-corrected chi connectivity index (χ2v) is 9.96. The van der Waals surface area contributed by atoms with Crippen LogP contribution in [0, 0.1) is 0 Å². The highest BCUT2D eigenvalue weighted by molar-refractivity contribution is 6.29. The molecule has 0 radical (unpaired) electrons. The highest BCUT2D eigenvalue weighted by Gasteiger charge is 2.35. The molecule has 0 saturated heterocycles. The molecule has 0 N–H and O–H groups in total. The summed E-state index contributed by atoms with van der Waals surface area (Å²) < 4.78 is 21.2. The number of unbranched alkanes of at least 4 members (excludes halogenated alkanes) is 10. The maximum Gasteiger partial charge on any atom is 0.513 e. The molecule has 8 heteroatoms. The van der Waals surface area contributed by atoms with E-state index in [1.54, 1.807) is 18.2 Å². The van der Waals surface area contributed by atoms with E-state index >= 15 is 0 Å². The molecule has 0 unspecified atom stereocenters. The van der Waals surface area contributed by atoms with E-state index in [2.05, 4.69) is 13.8 Å². The molecule has 0 amide bonds. The molecule has 0 aromatic heterocycles. The molecule has 3 rings (SSSR count). The minimum Gasteiger partial charge on any atom is -0.434 e. The maximum absolute atomic E-state index is 13.4. The topological polar surface area (TPSA) is 105 Å². The van der Waals surface area contributed by atoms with Crippen molar-refractivity contribution in [1.29, 1.82) is 0 Å². The fourth-order valence-corrected chi connectivity index (χ4v) is 4.63. The number of hydrogen-bond acceptors (Lipinski definition) is 8. The van der Waals surface area contributed by atoms with Crippen LogP contribution in [0.1, 0.15) is 123 Å². The van der Waals surface area contributed by atoms with Gasteiger partial charge in [-0.2, -0.15) is 0 Å². The fourth-order valence-electron chi connectivity index (χ4n) is 4.63. The molecule has 2 aromatic carbocycles. The van der Waals surface area contributed by atoms with Crippen LogP contribution in [0.4, 0.5) is 9.59 Å². The van der Waals surface area contributed by atoms with Gasteiger partial charge in [0.15, 0.2) is 23.1 Å². The van der Waals surface area contributed by atoms with E-state index in [1.165, 1.54) is 31.0 Å². The lowest BCUT2D eigenvalue weighted by Crippen LogP contribution is -2.24. The number of carbonyl (C=O) groups excluding carboxylic acids is 4. The first-order valence-electron chi connectivity index (χ1n) is 14.5. The van der Waals surface area contributed by atoms with E-state index in [0.29, 0.717) is 12.8 Å². The first kappa shape index (κ1) is 30.9. The number of ketones is 2. The smallest absolute Gasteiger partial charge is 0.434 e. The first-order chi connectivity index (χ1) is 19.5. The van der Waals surface area contributed by atoms with Gasteiger partial charge < -0.3 is 18.9 Å². The van der Waals surface area contributed by atoms with Crippen molar-refractivity contribution in [2.24, 2.45) is 0 Å². The maximum atomic E-state index is 13.4. The Labute approximate surface area is 236 Å². The zero-order valence-electron chi connectivity index (χ0n) is 23.6. The molecule has 8 nitrogen and oxygen atoms in total. The van der Waals surface area contributed by atoms with Crippen molar-refractivity contribution in [3.05, 3.63) is 58.7 Å². The van der Waals surface area contributed by atoms with E-state index in [1.807, 2.05) is 0 Å². The molecule has 0 bridgehead atoms. The van der Waals surface area contributed by atoms with Crippen LogP contribution in [0.3, 0.4) is 0 Å². The fraction of sp³-hybridized carbons (Fsp3) is 0.500. The molecule has 0 fully saturated rings. The van der Waals surface area contributed by atoms with Crippen molar-refractivity contribution >= 4 is 23.9 Å². The molecule has 216 valence electrons. The van der Waals surface area contributed by atoms with Gasteiger partial charge in [-0.25, -0.2) is 9.59 Å². The molecule has 1 aliphatic rings. The lowest BCUT2D eigenvalue weighted by Gasteiger charge is -2.21. The Morgan fingerprint density at radius 2 is 1.07 bits per heavy atom. The highest BCUT2D eigenvalue weighted by Crippen LogP contribution is 2.40. The summed E-state index contributed by atoms with van der Waals surface area (Å²) in [6.45, 7) is 4.62. The van der Waals surface area contributed by atoms with Gasteiger partial charge in [-0.05, 0) is 25.0 Å². The van der Waals surface area contributed by atoms with Gasteiger partial charge in [-0.3, -0.25) is 9.59 Å². The average Bonchev–Trinajstić information content (AvgIpc) is 2.95. The van der Waals surface area contributed by atoms with Crippen LogP contribution in [0.25, 0.3) is 0 Å². The van der Waals surface area contributed by atoms with Crippen molar-refractivity contribution in [3.63, 3.8) is 0 Å². The molecule has 40 heavy (non-hydrogen) atoms. The first-order valence-corrected chi connectivity index (χ1v) is 14.5. The zero-order valence-corrected chi connectivity index (χ0v) is 23.6. The van der Waals surface area contributed by atoms with Gasteiger partial charge in [0.2, 0.25) is 0 Å². The van der Waals surface area contributed by atoms with Crippen molar-refractivity contribution in [2.45, 2.75) is 90.9 Å². The third kappa shape index (κ3) is 8.66. The Bertz CT molecular complexity index is 1170. The van der Waals surface area contributed by atoms with Gasteiger partial charge >= 0.3 is 12.3 Å². The summed E-state index contributed by atoms with van der Waals surface area (Å²) in [4.78, 5) is 51.7. The molecule has 0 atom stereocenters. The van der Waals surface area contributed by atoms with E-state index in [-0.39, 0.29) is 47.0 Å². The Kier molecular flexibility index (Phi) is 12.7. The van der Waals surface area contributed by atoms with Gasteiger partial charge in [0.05, 0.1) is 18.8 Å². The molecule has 0 spiro atoms. The largest absolute Gasteiger partial charge is 0.513 e. The predicted molar refractivity (Wildman–Crippen MR) is 150 cm³/mol. The zero-order chi connectivity index (χ0) is 28.7. The highest BCUT2D eigenvalue weighted by atomic mass is 16.7. The van der Waals surface area contributed by atoms with Gasteiger partial charge in [0.1, 0.15) is 0 Å². The summed E-state index contributed by atoms with van der Waals surface area (Å²) >= 11 is 0. The number of ether oxygens (including phenoxy) is 4. The minimum atomic E-state index is -1.05. The Balaban J connectivity index is 1.72. The van der Waals surface area contributed by atoms with E-state index < -0.39 is 23.9 Å². The monoisotopic (exact) mass is 552 g/mol. The second kappa shape index (κ2) is 16.4. The number of benzene rings is 2. The van der Waals surface area contributed by atoms with Gasteiger partial charge in [0.25, 0.3) is 0 Å². The van der Waals surface area contributed by atoms with Crippen molar-refractivity contribution in [3.8, 4) is 11.5 Å². The third-order valence-electron chi connectivity index (χ3n) is 6.82. The van der Waals surface area contributed by atoms with Crippen LogP contribution in [-0.2, 0) is 9.47 Å².